The first-order valence-corrected chi connectivity index (χ1v) is 13.6. The Hall–Kier alpha value is -3.65. The normalized spacial score (nSPS) is 18.3. The molecule has 9 heteroatoms. The molecule has 198 valence electrons. The van der Waals surface area contributed by atoms with Crippen LogP contribution in [0, 0.1) is 0 Å². The van der Waals surface area contributed by atoms with Crippen LogP contribution in [0.1, 0.15) is 41.2 Å². The smallest absolute Gasteiger partial charge is 0.328 e. The minimum atomic E-state index is -0.429. The number of aromatic nitrogens is 1. The highest BCUT2D eigenvalue weighted by atomic mass is 35.5. The standard InChI is InChI=1S/C30H25Cl2N3O4/c31-18-13-17(14-19(32)15-18)20-6-3-7-22-27(20)34-16-23(28(22)39-30(37)25-8-4-11-33-25)29(36)35-24-10-12-38-26-9-2-1-5-21(24)26/h1-3,5-7,9,13-16,24-25,33H,4,8,10-12H2,(H,35,36)/t24-,25-/m0/s1. The number of hydrogen-bond acceptors (Lipinski definition) is 6. The molecule has 39 heavy (non-hydrogen) atoms. The van der Waals surface area contributed by atoms with Crippen molar-refractivity contribution in [3.8, 4) is 22.6 Å². The van der Waals surface area contributed by atoms with Crippen molar-refractivity contribution in [3.63, 3.8) is 0 Å². The molecule has 1 amide bonds. The highest BCUT2D eigenvalue weighted by Crippen LogP contribution is 2.38. The fraction of sp³-hybridized carbons (Fsp3) is 0.233. The van der Waals surface area contributed by atoms with Crippen molar-refractivity contribution in [1.82, 2.24) is 15.6 Å². The first kappa shape index (κ1) is 25.6. The third-order valence-electron chi connectivity index (χ3n) is 7.08. The van der Waals surface area contributed by atoms with E-state index >= 15 is 0 Å². The zero-order chi connectivity index (χ0) is 26.9. The molecule has 0 radical (unpaired) electrons. The van der Waals surface area contributed by atoms with Crippen molar-refractivity contribution in [2.24, 2.45) is 0 Å². The van der Waals surface area contributed by atoms with Crippen molar-refractivity contribution >= 4 is 46.0 Å². The van der Waals surface area contributed by atoms with E-state index in [2.05, 4.69) is 15.6 Å². The van der Waals surface area contributed by atoms with Gasteiger partial charge in [-0.15, -0.1) is 0 Å². The number of carbonyl (C=O) groups excluding carboxylic acids is 2. The Morgan fingerprint density at radius 1 is 1.03 bits per heavy atom. The van der Waals surface area contributed by atoms with Crippen LogP contribution in [0.25, 0.3) is 22.0 Å². The number of hydrogen-bond donors (Lipinski definition) is 2. The lowest BCUT2D eigenvalue weighted by Crippen LogP contribution is -2.35. The zero-order valence-electron chi connectivity index (χ0n) is 20.9. The second kappa shape index (κ2) is 10.8. The van der Waals surface area contributed by atoms with Gasteiger partial charge in [-0.05, 0) is 55.3 Å². The van der Waals surface area contributed by atoms with E-state index in [-0.39, 0.29) is 23.3 Å². The summed E-state index contributed by atoms with van der Waals surface area (Å²) in [5.74, 6) is 0.104. The van der Waals surface area contributed by atoms with Crippen LogP contribution in [0.3, 0.4) is 0 Å². The van der Waals surface area contributed by atoms with Gasteiger partial charge in [-0.25, -0.2) is 4.79 Å². The number of para-hydroxylation sites is 2. The number of carbonyl (C=O) groups is 2. The van der Waals surface area contributed by atoms with Crippen LogP contribution >= 0.6 is 23.2 Å². The van der Waals surface area contributed by atoms with Crippen LogP contribution in [0.4, 0.5) is 0 Å². The molecule has 2 aliphatic rings. The van der Waals surface area contributed by atoms with Crippen LogP contribution in [0.2, 0.25) is 10.0 Å². The molecule has 2 N–H and O–H groups in total. The molecule has 0 unspecified atom stereocenters. The maximum atomic E-state index is 13.7. The number of ether oxygens (including phenoxy) is 2. The van der Waals surface area contributed by atoms with Crippen LogP contribution < -0.4 is 20.1 Å². The van der Waals surface area contributed by atoms with Crippen molar-refractivity contribution in [1.29, 1.82) is 0 Å². The quantitative estimate of drug-likeness (QED) is 0.285. The molecule has 4 aromatic rings. The average Bonchev–Trinajstić information content (AvgIpc) is 3.48. The maximum Gasteiger partial charge on any atom is 0.328 e. The number of esters is 1. The molecular weight excluding hydrogens is 537 g/mol. The van der Waals surface area contributed by atoms with Gasteiger partial charge in [0.05, 0.1) is 18.2 Å². The molecule has 0 bridgehead atoms. The van der Waals surface area contributed by atoms with Gasteiger partial charge in [0.2, 0.25) is 0 Å². The molecule has 0 aliphatic carbocycles. The molecule has 3 aromatic carbocycles. The number of amides is 1. The van der Waals surface area contributed by atoms with Gasteiger partial charge < -0.3 is 20.1 Å². The molecular formula is C30H25Cl2N3O4. The largest absolute Gasteiger partial charge is 0.493 e. The predicted molar refractivity (Wildman–Crippen MR) is 151 cm³/mol. The lowest BCUT2D eigenvalue weighted by Gasteiger charge is -2.27. The van der Waals surface area contributed by atoms with Gasteiger partial charge in [-0.1, -0.05) is 53.5 Å². The Bertz CT molecular complexity index is 1570. The minimum absolute atomic E-state index is 0.173. The number of nitrogens with zero attached hydrogens (tertiary/aromatic N) is 1. The van der Waals surface area contributed by atoms with Gasteiger partial charge in [0, 0.05) is 39.2 Å². The summed E-state index contributed by atoms with van der Waals surface area (Å²) in [6.07, 6.45) is 3.63. The van der Waals surface area contributed by atoms with E-state index in [1.54, 1.807) is 24.3 Å². The summed E-state index contributed by atoms with van der Waals surface area (Å²) < 4.78 is 11.7. The average molecular weight is 562 g/mol. The van der Waals surface area contributed by atoms with E-state index in [0.717, 1.165) is 35.4 Å². The molecule has 6 rings (SSSR count). The number of fused-ring (bicyclic) bond motifs is 2. The SMILES string of the molecule is O=C(N[C@H]1CCOc2ccccc21)c1cnc2c(-c3cc(Cl)cc(Cl)c3)cccc2c1OC(=O)[C@@H]1CCCN1. The summed E-state index contributed by atoms with van der Waals surface area (Å²) >= 11 is 12.6. The fourth-order valence-electron chi connectivity index (χ4n) is 5.20. The fourth-order valence-corrected chi connectivity index (χ4v) is 5.72. The summed E-state index contributed by atoms with van der Waals surface area (Å²) in [6, 6.07) is 17.7. The Balaban J connectivity index is 1.43. The van der Waals surface area contributed by atoms with E-state index in [4.69, 9.17) is 32.7 Å². The molecule has 1 fully saturated rings. The second-order valence-corrected chi connectivity index (χ2v) is 10.5. The first-order valence-electron chi connectivity index (χ1n) is 12.8. The van der Waals surface area contributed by atoms with Crippen molar-refractivity contribution < 1.29 is 19.1 Å². The third-order valence-corrected chi connectivity index (χ3v) is 7.51. The van der Waals surface area contributed by atoms with Crippen molar-refractivity contribution in [3.05, 3.63) is 88.0 Å². The Labute approximate surface area is 235 Å². The lowest BCUT2D eigenvalue weighted by molar-refractivity contribution is -0.136. The van der Waals surface area contributed by atoms with Crippen LogP contribution in [0.5, 0.6) is 11.5 Å². The van der Waals surface area contributed by atoms with E-state index < -0.39 is 12.0 Å². The van der Waals surface area contributed by atoms with Crippen LogP contribution in [0.15, 0.2) is 66.9 Å². The summed E-state index contributed by atoms with van der Waals surface area (Å²) in [4.78, 5) is 31.5. The van der Waals surface area contributed by atoms with Gasteiger partial charge in [-0.2, -0.15) is 0 Å². The molecule has 0 saturated carbocycles. The van der Waals surface area contributed by atoms with Gasteiger partial charge in [-0.3, -0.25) is 9.78 Å². The van der Waals surface area contributed by atoms with E-state index in [0.29, 0.717) is 40.4 Å². The summed E-state index contributed by atoms with van der Waals surface area (Å²) in [5.41, 5.74) is 3.15. The van der Waals surface area contributed by atoms with E-state index in [1.807, 2.05) is 36.4 Å². The molecule has 1 aromatic heterocycles. The van der Waals surface area contributed by atoms with Gasteiger partial charge in [0.25, 0.3) is 5.91 Å². The predicted octanol–water partition coefficient (Wildman–Crippen LogP) is 6.12. The number of halogens is 2. The van der Waals surface area contributed by atoms with Gasteiger partial charge in [0.1, 0.15) is 17.4 Å². The van der Waals surface area contributed by atoms with Crippen molar-refractivity contribution in [2.75, 3.05) is 13.2 Å². The molecule has 1 saturated heterocycles. The first-order chi connectivity index (χ1) is 19.0. The molecule has 2 atom stereocenters. The molecule has 2 aliphatic heterocycles. The number of nitrogens with one attached hydrogen (secondary N) is 2. The Morgan fingerprint density at radius 2 is 1.85 bits per heavy atom. The molecule has 7 nitrogen and oxygen atoms in total. The van der Waals surface area contributed by atoms with E-state index in [9.17, 15) is 9.59 Å². The zero-order valence-corrected chi connectivity index (χ0v) is 22.4. The topological polar surface area (TPSA) is 89.6 Å². The monoisotopic (exact) mass is 561 g/mol. The highest BCUT2D eigenvalue weighted by Gasteiger charge is 2.29. The molecule has 0 spiro atoms. The van der Waals surface area contributed by atoms with Crippen LogP contribution in [-0.2, 0) is 4.79 Å². The minimum Gasteiger partial charge on any atom is -0.493 e. The summed E-state index contributed by atoms with van der Waals surface area (Å²) in [6.45, 7) is 1.23. The van der Waals surface area contributed by atoms with Crippen LogP contribution in [-0.4, -0.2) is 36.1 Å². The second-order valence-electron chi connectivity index (χ2n) is 9.63. The molecule has 3 heterocycles. The van der Waals surface area contributed by atoms with Gasteiger partial charge >= 0.3 is 5.97 Å². The Morgan fingerprint density at radius 3 is 2.64 bits per heavy atom. The van der Waals surface area contributed by atoms with Crippen molar-refractivity contribution in [2.45, 2.75) is 31.3 Å². The highest BCUT2D eigenvalue weighted by molar-refractivity contribution is 6.35. The Kier molecular flexibility index (Phi) is 7.12. The summed E-state index contributed by atoms with van der Waals surface area (Å²) in [5, 5.41) is 7.78. The van der Waals surface area contributed by atoms with E-state index in [1.165, 1.54) is 6.20 Å². The summed E-state index contributed by atoms with van der Waals surface area (Å²) in [7, 11) is 0. The number of pyridine rings is 1. The number of rotatable bonds is 5. The lowest BCUT2D eigenvalue weighted by atomic mass is 9.99. The third kappa shape index (κ3) is 5.17. The van der Waals surface area contributed by atoms with Gasteiger partial charge in [0.15, 0.2) is 5.75 Å². The number of benzene rings is 3. The maximum absolute atomic E-state index is 13.7.